The highest BCUT2D eigenvalue weighted by atomic mass is 127. The number of benzene rings is 2. The molecule has 0 aliphatic rings. The molecule has 0 aliphatic heterocycles. The Hall–Kier alpha value is -0.250. The van der Waals surface area contributed by atoms with Gasteiger partial charge in [0, 0.05) is 13.6 Å². The van der Waals surface area contributed by atoms with Crippen molar-refractivity contribution in [3.8, 4) is 0 Å². The molecule has 0 radical (unpaired) electrons. The highest BCUT2D eigenvalue weighted by molar-refractivity contribution is 14.1. The number of hydrogen-bond donors (Lipinski definition) is 0. The van der Waals surface area contributed by atoms with E-state index in [9.17, 15) is 0 Å². The Bertz CT molecular complexity index is 506. The van der Waals surface area contributed by atoms with Crippen LogP contribution in [0, 0.1) is 3.57 Å². The van der Waals surface area contributed by atoms with E-state index in [-0.39, 0.29) is 0 Å². The third-order valence-corrected chi connectivity index (χ3v) is 4.10. The number of hydrogen-bond acceptors (Lipinski definition) is 0. The van der Waals surface area contributed by atoms with Crippen LogP contribution in [0.4, 0.5) is 0 Å². The lowest BCUT2D eigenvalue weighted by Gasteiger charge is -2.05. The van der Waals surface area contributed by atoms with Crippen molar-refractivity contribution in [3.05, 3.63) is 67.2 Å². The first-order valence-electron chi connectivity index (χ1n) is 5.33. The van der Waals surface area contributed by atoms with Gasteiger partial charge in [0.1, 0.15) is 0 Å². The molecule has 0 nitrogen and oxygen atoms in total. The monoisotopic (exact) mass is 376 g/mol. The van der Waals surface area contributed by atoms with Gasteiger partial charge in [-0.15, -0.1) is 0 Å². The van der Waals surface area contributed by atoms with Crippen LogP contribution in [-0.4, -0.2) is 0 Å². The lowest BCUT2D eigenvalue weighted by atomic mass is 10.0. The summed E-state index contributed by atoms with van der Waals surface area (Å²) in [6, 6.07) is 14.1. The molecule has 0 N–H and O–H groups in total. The van der Waals surface area contributed by atoms with E-state index in [1.807, 2.05) is 24.3 Å². The van der Waals surface area contributed by atoms with Crippen molar-refractivity contribution in [2.45, 2.75) is 12.8 Å². The molecule has 0 amide bonds. The third-order valence-electron chi connectivity index (χ3n) is 2.61. The molecular formula is C14H11Cl2I. The molecule has 2 rings (SSSR count). The molecule has 0 unspecified atom stereocenters. The van der Waals surface area contributed by atoms with E-state index in [0.717, 1.165) is 22.9 Å². The van der Waals surface area contributed by atoms with Gasteiger partial charge in [0.25, 0.3) is 0 Å². The Kier molecular flexibility index (Phi) is 4.71. The van der Waals surface area contributed by atoms with E-state index in [1.165, 1.54) is 14.7 Å². The minimum Gasteiger partial charge on any atom is -0.0843 e. The standard InChI is InChI=1S/C14H11Cl2I/c15-12-6-2-10(3-7-12)1-4-11-5-8-13(16)9-14(11)17/h2-3,5-9H,1,4H2. The van der Waals surface area contributed by atoms with Gasteiger partial charge in [-0.2, -0.15) is 0 Å². The molecule has 0 aliphatic carbocycles. The number of aryl methyl sites for hydroxylation is 2. The zero-order valence-corrected chi connectivity index (χ0v) is 12.8. The summed E-state index contributed by atoms with van der Waals surface area (Å²) >= 11 is 14.1. The van der Waals surface area contributed by atoms with Gasteiger partial charge in [-0.1, -0.05) is 41.4 Å². The minimum absolute atomic E-state index is 0.787. The molecule has 3 heteroatoms. The van der Waals surface area contributed by atoms with E-state index in [4.69, 9.17) is 23.2 Å². The van der Waals surface area contributed by atoms with Crippen LogP contribution in [0.3, 0.4) is 0 Å². The molecule has 0 bridgehead atoms. The lowest BCUT2D eigenvalue weighted by Crippen LogP contribution is -1.93. The van der Waals surface area contributed by atoms with Crippen LogP contribution in [0.15, 0.2) is 42.5 Å². The molecule has 2 aromatic rings. The summed E-state index contributed by atoms with van der Waals surface area (Å²) in [4.78, 5) is 0. The largest absolute Gasteiger partial charge is 0.0843 e. The first kappa shape index (κ1) is 13.2. The average Bonchev–Trinajstić information content (AvgIpc) is 2.30. The second kappa shape index (κ2) is 6.07. The highest BCUT2D eigenvalue weighted by Crippen LogP contribution is 2.20. The first-order valence-corrected chi connectivity index (χ1v) is 7.17. The van der Waals surface area contributed by atoms with Crippen molar-refractivity contribution < 1.29 is 0 Å². The van der Waals surface area contributed by atoms with Crippen LogP contribution < -0.4 is 0 Å². The van der Waals surface area contributed by atoms with E-state index in [1.54, 1.807) is 0 Å². The Morgan fingerprint density at radius 1 is 0.824 bits per heavy atom. The summed E-state index contributed by atoms with van der Waals surface area (Å²) < 4.78 is 1.23. The van der Waals surface area contributed by atoms with Crippen LogP contribution in [0.5, 0.6) is 0 Å². The fourth-order valence-electron chi connectivity index (χ4n) is 1.65. The molecule has 17 heavy (non-hydrogen) atoms. The fraction of sp³-hybridized carbons (Fsp3) is 0.143. The Labute approximate surface area is 125 Å². The predicted octanol–water partition coefficient (Wildman–Crippen LogP) is 5.38. The number of rotatable bonds is 3. The smallest absolute Gasteiger partial charge is 0.0416 e. The summed E-state index contributed by atoms with van der Waals surface area (Å²) in [6.45, 7) is 0. The van der Waals surface area contributed by atoms with Crippen molar-refractivity contribution in [2.24, 2.45) is 0 Å². The first-order chi connectivity index (χ1) is 8.15. The normalized spacial score (nSPS) is 10.5. The zero-order valence-electron chi connectivity index (χ0n) is 9.09. The summed E-state index contributed by atoms with van der Waals surface area (Å²) in [7, 11) is 0. The second-order valence-corrected chi connectivity index (χ2v) is 5.90. The fourth-order valence-corrected chi connectivity index (χ4v) is 2.92. The maximum absolute atomic E-state index is 5.93. The minimum atomic E-state index is 0.787. The molecule has 0 spiro atoms. The van der Waals surface area contributed by atoms with Gasteiger partial charge >= 0.3 is 0 Å². The van der Waals surface area contributed by atoms with E-state index in [0.29, 0.717) is 0 Å². The van der Waals surface area contributed by atoms with Crippen LogP contribution in [-0.2, 0) is 12.8 Å². The van der Waals surface area contributed by atoms with Crippen molar-refractivity contribution in [3.63, 3.8) is 0 Å². The Morgan fingerprint density at radius 3 is 2.12 bits per heavy atom. The molecule has 0 fully saturated rings. The van der Waals surface area contributed by atoms with E-state index < -0.39 is 0 Å². The van der Waals surface area contributed by atoms with Gasteiger partial charge < -0.3 is 0 Å². The van der Waals surface area contributed by atoms with E-state index >= 15 is 0 Å². The SMILES string of the molecule is Clc1ccc(CCc2ccc(Cl)cc2I)cc1. The summed E-state index contributed by atoms with van der Waals surface area (Å²) in [5.41, 5.74) is 2.64. The van der Waals surface area contributed by atoms with Crippen LogP contribution in [0.25, 0.3) is 0 Å². The average molecular weight is 377 g/mol. The third kappa shape index (κ3) is 3.87. The molecule has 88 valence electrons. The summed E-state index contributed by atoms with van der Waals surface area (Å²) in [5, 5.41) is 1.58. The summed E-state index contributed by atoms with van der Waals surface area (Å²) in [5.74, 6) is 0. The van der Waals surface area contributed by atoms with Gasteiger partial charge in [0.15, 0.2) is 0 Å². The molecule has 0 aromatic heterocycles. The van der Waals surface area contributed by atoms with Gasteiger partial charge in [-0.05, 0) is 70.8 Å². The van der Waals surface area contributed by atoms with Crippen molar-refractivity contribution >= 4 is 45.8 Å². The van der Waals surface area contributed by atoms with Crippen LogP contribution in [0.2, 0.25) is 10.0 Å². The molecule has 2 aromatic carbocycles. The zero-order chi connectivity index (χ0) is 12.3. The molecular weight excluding hydrogens is 366 g/mol. The number of halogens is 3. The second-order valence-electron chi connectivity index (χ2n) is 3.86. The molecule has 0 heterocycles. The molecule has 0 atom stereocenters. The summed E-state index contributed by atoms with van der Waals surface area (Å²) in [6.07, 6.45) is 2.05. The van der Waals surface area contributed by atoms with Gasteiger partial charge in [0.05, 0.1) is 0 Å². The van der Waals surface area contributed by atoms with Gasteiger partial charge in [0.2, 0.25) is 0 Å². The van der Waals surface area contributed by atoms with Gasteiger partial charge in [-0.3, -0.25) is 0 Å². The predicted molar refractivity (Wildman–Crippen MR) is 83.0 cm³/mol. The molecule has 0 saturated carbocycles. The highest BCUT2D eigenvalue weighted by Gasteiger charge is 2.01. The topological polar surface area (TPSA) is 0 Å². The maximum atomic E-state index is 5.93. The lowest BCUT2D eigenvalue weighted by molar-refractivity contribution is 0.954. The molecule has 0 saturated heterocycles. The maximum Gasteiger partial charge on any atom is 0.0416 e. The van der Waals surface area contributed by atoms with Crippen LogP contribution in [0.1, 0.15) is 11.1 Å². The van der Waals surface area contributed by atoms with Crippen LogP contribution >= 0.6 is 45.8 Å². The quantitative estimate of drug-likeness (QED) is 0.630. The van der Waals surface area contributed by atoms with Crippen molar-refractivity contribution in [1.82, 2.24) is 0 Å². The van der Waals surface area contributed by atoms with Gasteiger partial charge in [-0.25, -0.2) is 0 Å². The van der Waals surface area contributed by atoms with E-state index in [2.05, 4.69) is 40.8 Å². The Morgan fingerprint density at radius 2 is 1.47 bits per heavy atom. The van der Waals surface area contributed by atoms with Crippen molar-refractivity contribution in [1.29, 1.82) is 0 Å². The Balaban J connectivity index is 2.04. The van der Waals surface area contributed by atoms with Crippen molar-refractivity contribution in [2.75, 3.05) is 0 Å².